The molecule has 3 rings (SSSR count). The van der Waals surface area contributed by atoms with Gasteiger partial charge in [-0.1, -0.05) is 28.1 Å². The van der Waals surface area contributed by atoms with Crippen molar-refractivity contribution in [1.82, 2.24) is 14.7 Å². The van der Waals surface area contributed by atoms with Gasteiger partial charge in [-0.15, -0.1) is 24.9 Å². The normalized spacial score (nSPS) is 33.5. The molecule has 2 bridgehead atoms. The summed E-state index contributed by atoms with van der Waals surface area (Å²) in [5, 5.41) is 9.60. The van der Waals surface area contributed by atoms with E-state index in [2.05, 4.69) is 29.1 Å². The molecule has 0 aromatic rings. The monoisotopic (exact) mass is 513 g/mol. The number of carbonyl (C=O) groups excluding carboxylic acids is 3. The molecule has 3 fully saturated rings. The molecule has 3 amide bonds. The summed E-state index contributed by atoms with van der Waals surface area (Å²) in [6.45, 7) is 12.0. The van der Waals surface area contributed by atoms with E-state index in [0.717, 1.165) is 0 Å². The molecule has 1 N–H and O–H groups in total. The SMILES string of the molecule is C=CCN(C)C(=O)[C@H]1[C@@H]2SC3(CC2Br)C(C(=O)N(CC=C)C(C)C)N(CCO)C(=O)[C@H]13. The van der Waals surface area contributed by atoms with Crippen LogP contribution in [0.1, 0.15) is 20.3 Å². The van der Waals surface area contributed by atoms with Crippen LogP contribution < -0.4 is 0 Å². The maximum atomic E-state index is 13.8. The molecular weight excluding hydrogens is 482 g/mol. The number of rotatable bonds is 9. The van der Waals surface area contributed by atoms with Gasteiger partial charge in [-0.2, -0.15) is 0 Å². The minimum Gasteiger partial charge on any atom is -0.395 e. The molecule has 0 aromatic heterocycles. The van der Waals surface area contributed by atoms with Crippen molar-refractivity contribution in [2.45, 2.75) is 47.2 Å². The predicted octanol–water partition coefficient (Wildman–Crippen LogP) is 1.51. The van der Waals surface area contributed by atoms with E-state index in [-0.39, 0.29) is 47.0 Å². The molecule has 31 heavy (non-hydrogen) atoms. The lowest BCUT2D eigenvalue weighted by atomic mass is 9.70. The van der Waals surface area contributed by atoms with Gasteiger partial charge in [-0.05, 0) is 20.3 Å². The summed E-state index contributed by atoms with van der Waals surface area (Å²) in [4.78, 5) is 45.7. The topological polar surface area (TPSA) is 81.2 Å². The van der Waals surface area contributed by atoms with Crippen LogP contribution in [0.4, 0.5) is 0 Å². The Morgan fingerprint density at radius 2 is 1.97 bits per heavy atom. The van der Waals surface area contributed by atoms with Crippen LogP contribution in [-0.2, 0) is 14.4 Å². The molecule has 9 heteroatoms. The summed E-state index contributed by atoms with van der Waals surface area (Å²) in [6.07, 6.45) is 3.98. The highest BCUT2D eigenvalue weighted by Gasteiger charge is 2.75. The Morgan fingerprint density at radius 3 is 2.52 bits per heavy atom. The van der Waals surface area contributed by atoms with E-state index >= 15 is 0 Å². The van der Waals surface area contributed by atoms with Gasteiger partial charge < -0.3 is 19.8 Å². The lowest BCUT2D eigenvalue weighted by Gasteiger charge is -2.39. The molecule has 7 nitrogen and oxygen atoms in total. The maximum Gasteiger partial charge on any atom is 0.247 e. The van der Waals surface area contributed by atoms with Crippen LogP contribution in [-0.4, -0.2) is 97.7 Å². The van der Waals surface area contributed by atoms with Crippen LogP contribution in [0.25, 0.3) is 0 Å². The summed E-state index contributed by atoms with van der Waals surface area (Å²) in [7, 11) is 1.72. The summed E-state index contributed by atoms with van der Waals surface area (Å²) in [6, 6.07) is -0.774. The van der Waals surface area contributed by atoms with E-state index in [9.17, 15) is 19.5 Å². The fourth-order valence-electron chi connectivity index (χ4n) is 5.43. The van der Waals surface area contributed by atoms with Gasteiger partial charge in [0.15, 0.2) is 0 Å². The first kappa shape index (κ1) is 24.3. The molecule has 3 aliphatic heterocycles. The number of amides is 3. The number of nitrogens with zero attached hydrogens (tertiary/aromatic N) is 3. The van der Waals surface area contributed by atoms with Crippen molar-refractivity contribution in [2.75, 3.05) is 33.3 Å². The largest absolute Gasteiger partial charge is 0.395 e. The van der Waals surface area contributed by atoms with E-state index in [1.807, 2.05) is 13.8 Å². The van der Waals surface area contributed by atoms with Crippen molar-refractivity contribution in [3.05, 3.63) is 25.3 Å². The van der Waals surface area contributed by atoms with Gasteiger partial charge in [-0.25, -0.2) is 0 Å². The standard InChI is InChI=1S/C22H32BrN3O4S/c1-6-8-24(5)19(28)15-16-20(29)26(10-11-27)18(21(30)25(9-7-2)13(3)4)22(16)12-14(23)17(15)31-22/h6-7,13-18,27H,1-2,8-12H2,3-5H3/t14?,15-,16+,17-,18?,22?/m1/s1. The Morgan fingerprint density at radius 1 is 1.32 bits per heavy atom. The second-order valence-electron chi connectivity index (χ2n) is 8.80. The van der Waals surface area contributed by atoms with Crippen molar-refractivity contribution < 1.29 is 19.5 Å². The number of hydrogen-bond donors (Lipinski definition) is 1. The average Bonchev–Trinajstić information content (AvgIpc) is 3.29. The van der Waals surface area contributed by atoms with E-state index in [1.165, 1.54) is 4.90 Å². The summed E-state index contributed by atoms with van der Waals surface area (Å²) in [5.74, 6) is -1.51. The van der Waals surface area contributed by atoms with Crippen LogP contribution in [0, 0.1) is 11.8 Å². The van der Waals surface area contributed by atoms with Crippen molar-refractivity contribution in [1.29, 1.82) is 0 Å². The van der Waals surface area contributed by atoms with Crippen LogP contribution in [0.5, 0.6) is 0 Å². The fourth-order valence-corrected chi connectivity index (χ4v) is 9.03. The van der Waals surface area contributed by atoms with Crippen molar-refractivity contribution >= 4 is 45.4 Å². The molecule has 0 radical (unpaired) electrons. The van der Waals surface area contributed by atoms with Gasteiger partial charge in [0.2, 0.25) is 17.7 Å². The van der Waals surface area contributed by atoms with Crippen LogP contribution in [0.2, 0.25) is 0 Å². The quantitative estimate of drug-likeness (QED) is 0.373. The maximum absolute atomic E-state index is 13.8. The van der Waals surface area contributed by atoms with Gasteiger partial charge >= 0.3 is 0 Å². The van der Waals surface area contributed by atoms with Crippen LogP contribution in [0.3, 0.4) is 0 Å². The first-order valence-corrected chi connectivity index (χ1v) is 12.5. The predicted molar refractivity (Wildman–Crippen MR) is 126 cm³/mol. The lowest BCUT2D eigenvalue weighted by Crippen LogP contribution is -2.57. The minimum atomic E-state index is -0.711. The van der Waals surface area contributed by atoms with Crippen LogP contribution in [0.15, 0.2) is 25.3 Å². The third-order valence-corrected chi connectivity index (χ3v) is 9.88. The first-order valence-electron chi connectivity index (χ1n) is 10.7. The Hall–Kier alpha value is -1.32. The van der Waals surface area contributed by atoms with E-state index in [0.29, 0.717) is 19.5 Å². The van der Waals surface area contributed by atoms with Gasteiger partial charge in [0.1, 0.15) is 6.04 Å². The smallest absolute Gasteiger partial charge is 0.247 e. The fraction of sp³-hybridized carbons (Fsp3) is 0.682. The highest BCUT2D eigenvalue weighted by Crippen LogP contribution is 2.68. The average molecular weight is 514 g/mol. The molecule has 172 valence electrons. The number of thioether (sulfide) groups is 1. The number of halogens is 1. The molecule has 3 aliphatic rings. The summed E-state index contributed by atoms with van der Waals surface area (Å²) < 4.78 is -0.689. The summed E-state index contributed by atoms with van der Waals surface area (Å²) >= 11 is 5.35. The molecule has 0 aliphatic carbocycles. The van der Waals surface area contributed by atoms with Gasteiger partial charge in [0, 0.05) is 42.8 Å². The number of likely N-dealkylation sites (N-methyl/N-ethyl adjacent to an activating group) is 1. The third kappa shape index (κ3) is 3.76. The van der Waals surface area contributed by atoms with E-state index in [4.69, 9.17) is 0 Å². The number of likely N-dealkylation sites (tertiary alicyclic amines) is 1. The number of hydrogen-bond acceptors (Lipinski definition) is 5. The Balaban J connectivity index is 2.06. The number of alkyl halides is 1. The Bertz CT molecular complexity index is 778. The molecule has 3 saturated heterocycles. The van der Waals surface area contributed by atoms with Crippen molar-refractivity contribution in [2.24, 2.45) is 11.8 Å². The second-order valence-corrected chi connectivity index (χ2v) is 11.5. The van der Waals surface area contributed by atoms with E-state index in [1.54, 1.807) is 40.8 Å². The second kappa shape index (κ2) is 9.27. The van der Waals surface area contributed by atoms with Crippen molar-refractivity contribution in [3.63, 3.8) is 0 Å². The van der Waals surface area contributed by atoms with Crippen molar-refractivity contribution in [3.8, 4) is 0 Å². The van der Waals surface area contributed by atoms with E-state index < -0.39 is 22.6 Å². The molecular formula is C22H32BrN3O4S. The Kier molecular flexibility index (Phi) is 7.28. The minimum absolute atomic E-state index is 0.0314. The molecule has 6 atom stereocenters. The molecule has 0 saturated carbocycles. The van der Waals surface area contributed by atoms with Gasteiger partial charge in [0.25, 0.3) is 0 Å². The zero-order chi connectivity index (χ0) is 23.1. The highest BCUT2D eigenvalue weighted by atomic mass is 79.9. The summed E-state index contributed by atoms with van der Waals surface area (Å²) in [5.41, 5.74) is 0. The number of aliphatic hydroxyl groups excluding tert-OH is 1. The molecule has 3 unspecified atom stereocenters. The Labute approximate surface area is 197 Å². The first-order chi connectivity index (χ1) is 14.7. The number of β-amino-alcohol motifs (C(OH)–C–C–N with tert-alkyl or cyclic N) is 1. The zero-order valence-corrected chi connectivity index (χ0v) is 20.8. The van der Waals surface area contributed by atoms with Gasteiger partial charge in [0.05, 0.1) is 23.2 Å². The number of fused-ring (bicyclic) bond motifs is 1. The van der Waals surface area contributed by atoms with Gasteiger partial charge in [-0.3, -0.25) is 14.4 Å². The highest BCUT2D eigenvalue weighted by molar-refractivity contribution is 9.09. The van der Waals surface area contributed by atoms with Crippen LogP contribution >= 0.6 is 27.7 Å². The molecule has 1 spiro atoms. The molecule has 3 heterocycles. The number of carbonyl (C=O) groups is 3. The molecule has 0 aromatic carbocycles. The third-order valence-electron chi connectivity index (χ3n) is 6.66. The lowest BCUT2D eigenvalue weighted by molar-refractivity contribution is -0.145. The zero-order valence-electron chi connectivity index (χ0n) is 18.4. The number of aliphatic hydroxyl groups is 1.